The monoisotopic (exact) mass is 432 g/mol. The molecule has 1 fully saturated rings. The van der Waals surface area contributed by atoms with Crippen LogP contribution in [0.2, 0.25) is 5.15 Å². The Balaban J connectivity index is 1.57. The maximum absolute atomic E-state index is 11.7. The van der Waals surface area contributed by atoms with E-state index in [-0.39, 0.29) is 5.78 Å². The lowest BCUT2D eigenvalue weighted by Gasteiger charge is -2.29. The Kier molecular flexibility index (Phi) is 6.63. The van der Waals surface area contributed by atoms with E-state index in [4.69, 9.17) is 11.6 Å². The Hall–Kier alpha value is -3.18. The van der Waals surface area contributed by atoms with Gasteiger partial charge in [-0.15, -0.1) is 0 Å². The maximum Gasteiger partial charge on any atom is 0.229 e. The quantitative estimate of drug-likeness (QED) is 0.376. The number of nitrogens with zero attached hydrogens (tertiary/aromatic N) is 3. The molecular weight excluding hydrogens is 408 g/mol. The molecule has 4 rings (SSSR count). The van der Waals surface area contributed by atoms with Crippen LogP contribution in [-0.2, 0) is 11.2 Å². The van der Waals surface area contributed by atoms with Crippen molar-refractivity contribution in [2.24, 2.45) is 0 Å². The summed E-state index contributed by atoms with van der Waals surface area (Å²) in [7, 11) is 0. The highest BCUT2D eigenvalue weighted by molar-refractivity contribution is 6.29. The lowest BCUT2D eigenvalue weighted by atomic mass is 10.0. The molecule has 0 radical (unpaired) electrons. The molecular formula is C25H25ClN4O. The standard InChI is InChI=1S/C25H25ClN4O/c1-2-22(31)15-18-8-6-9-19(14-18)23-17-24(26)29-25(28-23)27-20-10-7-11-21(16-20)30-12-4-3-5-13-30/h2,6-11,14,16-17H,1,3-5,12-13,15H2,(H,27,28,29). The third-order valence-electron chi connectivity index (χ3n) is 5.35. The van der Waals surface area contributed by atoms with Crippen LogP contribution in [0.4, 0.5) is 17.3 Å². The number of rotatable bonds is 7. The average molecular weight is 433 g/mol. The molecule has 1 aromatic heterocycles. The predicted molar refractivity (Wildman–Crippen MR) is 127 cm³/mol. The molecule has 0 saturated carbocycles. The summed E-state index contributed by atoms with van der Waals surface area (Å²) in [5.41, 5.74) is 4.60. The van der Waals surface area contributed by atoms with Gasteiger partial charge < -0.3 is 10.2 Å². The summed E-state index contributed by atoms with van der Waals surface area (Å²) < 4.78 is 0. The van der Waals surface area contributed by atoms with Crippen molar-refractivity contribution in [3.8, 4) is 11.3 Å². The second-order valence-corrected chi connectivity index (χ2v) is 8.06. The number of carbonyl (C=O) groups excluding carboxylic acids is 1. The highest BCUT2D eigenvalue weighted by Gasteiger charge is 2.12. The van der Waals surface area contributed by atoms with Crippen LogP contribution in [0.1, 0.15) is 24.8 Å². The molecule has 158 valence electrons. The molecule has 0 amide bonds. The minimum atomic E-state index is -0.0196. The van der Waals surface area contributed by atoms with Crippen molar-refractivity contribution < 1.29 is 4.79 Å². The van der Waals surface area contributed by atoms with Gasteiger partial charge in [0, 0.05) is 42.5 Å². The second-order valence-electron chi connectivity index (χ2n) is 7.67. The molecule has 1 aliphatic heterocycles. The van der Waals surface area contributed by atoms with Gasteiger partial charge in [0.1, 0.15) is 5.15 Å². The molecule has 6 heteroatoms. The number of nitrogens with one attached hydrogen (secondary N) is 1. The fourth-order valence-electron chi connectivity index (χ4n) is 3.80. The van der Waals surface area contributed by atoms with E-state index < -0.39 is 0 Å². The van der Waals surface area contributed by atoms with Gasteiger partial charge in [-0.25, -0.2) is 9.97 Å². The number of aromatic nitrogens is 2. The molecule has 0 spiro atoms. The van der Waals surface area contributed by atoms with E-state index in [1.807, 2.05) is 36.4 Å². The topological polar surface area (TPSA) is 58.1 Å². The largest absolute Gasteiger partial charge is 0.371 e. The van der Waals surface area contributed by atoms with Crippen LogP contribution in [0, 0.1) is 0 Å². The number of allylic oxidation sites excluding steroid dienone is 1. The van der Waals surface area contributed by atoms with E-state index in [1.165, 1.54) is 31.0 Å². The van der Waals surface area contributed by atoms with Crippen LogP contribution < -0.4 is 10.2 Å². The zero-order chi connectivity index (χ0) is 21.6. The fourth-order valence-corrected chi connectivity index (χ4v) is 3.98. The van der Waals surface area contributed by atoms with Gasteiger partial charge in [-0.1, -0.05) is 42.4 Å². The number of hydrogen-bond acceptors (Lipinski definition) is 5. The molecule has 0 unspecified atom stereocenters. The third-order valence-corrected chi connectivity index (χ3v) is 5.54. The first kappa shape index (κ1) is 21.1. The van der Waals surface area contributed by atoms with E-state index in [0.717, 1.165) is 29.9 Å². The molecule has 1 aliphatic rings. The lowest BCUT2D eigenvalue weighted by Crippen LogP contribution is -2.29. The zero-order valence-corrected chi connectivity index (χ0v) is 18.1. The zero-order valence-electron chi connectivity index (χ0n) is 17.4. The Morgan fingerprint density at radius 1 is 1.06 bits per heavy atom. The molecule has 3 aromatic rings. The van der Waals surface area contributed by atoms with Gasteiger partial charge in [-0.05, 0) is 55.2 Å². The Bertz CT molecular complexity index is 1090. The van der Waals surface area contributed by atoms with E-state index in [9.17, 15) is 4.79 Å². The summed E-state index contributed by atoms with van der Waals surface area (Å²) >= 11 is 6.30. The van der Waals surface area contributed by atoms with Crippen molar-refractivity contribution in [2.75, 3.05) is 23.3 Å². The summed E-state index contributed by atoms with van der Waals surface area (Å²) in [6.45, 7) is 5.72. The van der Waals surface area contributed by atoms with Gasteiger partial charge in [-0.2, -0.15) is 0 Å². The van der Waals surface area contributed by atoms with Gasteiger partial charge in [0.25, 0.3) is 0 Å². The van der Waals surface area contributed by atoms with E-state index in [2.05, 4.69) is 38.9 Å². The molecule has 0 bridgehead atoms. The molecule has 0 atom stereocenters. The predicted octanol–water partition coefficient (Wildman–Crippen LogP) is 5.83. The van der Waals surface area contributed by atoms with Gasteiger partial charge in [0.2, 0.25) is 5.95 Å². The number of ketones is 1. The van der Waals surface area contributed by atoms with Crippen LogP contribution in [0.25, 0.3) is 11.3 Å². The molecule has 2 heterocycles. The van der Waals surface area contributed by atoms with E-state index in [1.54, 1.807) is 6.07 Å². The lowest BCUT2D eigenvalue weighted by molar-refractivity contribution is -0.114. The minimum absolute atomic E-state index is 0.0196. The number of piperidine rings is 1. The number of benzene rings is 2. The third kappa shape index (κ3) is 5.50. The van der Waals surface area contributed by atoms with Crippen molar-refractivity contribution in [1.82, 2.24) is 9.97 Å². The van der Waals surface area contributed by atoms with Crippen molar-refractivity contribution >= 4 is 34.7 Å². The van der Waals surface area contributed by atoms with Crippen molar-refractivity contribution in [2.45, 2.75) is 25.7 Å². The number of anilines is 3. The van der Waals surface area contributed by atoms with Crippen LogP contribution in [-0.4, -0.2) is 28.8 Å². The van der Waals surface area contributed by atoms with Crippen molar-refractivity contribution in [3.63, 3.8) is 0 Å². The number of carbonyl (C=O) groups is 1. The smallest absolute Gasteiger partial charge is 0.229 e. The summed E-state index contributed by atoms with van der Waals surface area (Å²) in [5, 5.41) is 3.64. The first-order valence-electron chi connectivity index (χ1n) is 10.5. The first-order chi connectivity index (χ1) is 15.1. The Labute approximate surface area is 187 Å². The van der Waals surface area contributed by atoms with E-state index in [0.29, 0.717) is 23.2 Å². The summed E-state index contributed by atoms with van der Waals surface area (Å²) in [6.07, 6.45) is 5.42. The Morgan fingerprint density at radius 3 is 2.68 bits per heavy atom. The minimum Gasteiger partial charge on any atom is -0.371 e. The van der Waals surface area contributed by atoms with Gasteiger partial charge in [0.15, 0.2) is 5.78 Å². The molecule has 2 aromatic carbocycles. The van der Waals surface area contributed by atoms with Crippen molar-refractivity contribution in [3.05, 3.63) is 78.0 Å². The van der Waals surface area contributed by atoms with Crippen LogP contribution >= 0.6 is 11.6 Å². The van der Waals surface area contributed by atoms with E-state index >= 15 is 0 Å². The van der Waals surface area contributed by atoms with Crippen LogP contribution in [0.15, 0.2) is 67.3 Å². The van der Waals surface area contributed by atoms with Gasteiger partial charge in [-0.3, -0.25) is 4.79 Å². The molecule has 1 N–H and O–H groups in total. The maximum atomic E-state index is 11.7. The highest BCUT2D eigenvalue weighted by Crippen LogP contribution is 2.27. The average Bonchev–Trinajstić information content (AvgIpc) is 2.79. The first-order valence-corrected chi connectivity index (χ1v) is 10.9. The SMILES string of the molecule is C=CC(=O)Cc1cccc(-c2cc(Cl)nc(Nc3cccc(N4CCCCC4)c3)n2)c1. The second kappa shape index (κ2) is 9.75. The summed E-state index contributed by atoms with van der Waals surface area (Å²) in [6, 6.07) is 17.7. The molecule has 0 aliphatic carbocycles. The van der Waals surface area contributed by atoms with Gasteiger partial charge in [0.05, 0.1) is 5.69 Å². The van der Waals surface area contributed by atoms with Crippen LogP contribution in [0.5, 0.6) is 0 Å². The number of halogens is 1. The highest BCUT2D eigenvalue weighted by atomic mass is 35.5. The fraction of sp³-hybridized carbons (Fsp3) is 0.240. The molecule has 31 heavy (non-hydrogen) atoms. The summed E-state index contributed by atoms with van der Waals surface area (Å²) in [5.74, 6) is 0.416. The number of hydrogen-bond donors (Lipinski definition) is 1. The summed E-state index contributed by atoms with van der Waals surface area (Å²) in [4.78, 5) is 23.1. The molecule has 5 nitrogen and oxygen atoms in total. The van der Waals surface area contributed by atoms with Gasteiger partial charge >= 0.3 is 0 Å². The Morgan fingerprint density at radius 2 is 1.87 bits per heavy atom. The van der Waals surface area contributed by atoms with Crippen molar-refractivity contribution in [1.29, 1.82) is 0 Å². The normalized spacial score (nSPS) is 13.6. The van der Waals surface area contributed by atoms with Crippen LogP contribution in [0.3, 0.4) is 0 Å². The molecule has 1 saturated heterocycles.